The number of ether oxygens (including phenoxy) is 1. The van der Waals surface area contributed by atoms with Crippen LogP contribution in [0.2, 0.25) is 0 Å². The Morgan fingerprint density at radius 2 is 1.57 bits per heavy atom. The third-order valence-electron chi connectivity index (χ3n) is 5.53. The lowest BCUT2D eigenvalue weighted by Gasteiger charge is -2.18. The number of ketones is 2. The molecule has 0 saturated carbocycles. The Morgan fingerprint density at radius 3 is 2.31 bits per heavy atom. The first-order valence-corrected chi connectivity index (χ1v) is 10.8. The van der Waals surface area contributed by atoms with E-state index in [1.54, 1.807) is 36.4 Å². The van der Waals surface area contributed by atoms with Crippen LogP contribution in [-0.2, 0) is 14.3 Å². The lowest BCUT2D eigenvalue weighted by Crippen LogP contribution is -2.29. The molecule has 1 aliphatic rings. The first-order chi connectivity index (χ1) is 16.9. The van der Waals surface area contributed by atoms with Crippen LogP contribution in [0, 0.1) is 0 Å². The maximum Gasteiger partial charge on any atom is 0.331 e. The number of anilines is 1. The molecule has 4 aromatic rings. The van der Waals surface area contributed by atoms with Crippen LogP contribution in [0.1, 0.15) is 44.7 Å². The molecule has 0 spiro atoms. The zero-order valence-corrected chi connectivity index (χ0v) is 18.5. The summed E-state index contributed by atoms with van der Waals surface area (Å²) in [6.07, 6.45) is 1.36. The smallest absolute Gasteiger partial charge is 0.331 e. The number of benzene rings is 3. The summed E-state index contributed by atoms with van der Waals surface area (Å²) in [5, 5.41) is 2.61. The topological polar surface area (TPSA) is 116 Å². The number of para-hydroxylation sites is 2. The minimum atomic E-state index is -1.12. The summed E-state index contributed by atoms with van der Waals surface area (Å²) in [6, 6.07) is 18.3. The molecule has 0 fully saturated rings. The Morgan fingerprint density at radius 1 is 0.914 bits per heavy atom. The van der Waals surface area contributed by atoms with E-state index in [0.29, 0.717) is 27.9 Å². The fourth-order valence-electron chi connectivity index (χ4n) is 3.79. The lowest BCUT2D eigenvalue weighted by molar-refractivity contribution is -0.148. The highest BCUT2D eigenvalue weighted by molar-refractivity contribution is 6.28. The van der Waals surface area contributed by atoms with E-state index in [1.807, 2.05) is 12.1 Å². The van der Waals surface area contributed by atoms with Crippen LogP contribution in [0.25, 0.3) is 17.2 Å². The van der Waals surface area contributed by atoms with Gasteiger partial charge in [-0.25, -0.2) is 9.78 Å². The molecule has 1 N–H and O–H groups in total. The van der Waals surface area contributed by atoms with Gasteiger partial charge >= 0.3 is 5.97 Å². The molecule has 1 aromatic heterocycles. The van der Waals surface area contributed by atoms with Gasteiger partial charge in [0.2, 0.25) is 5.89 Å². The molecule has 0 aliphatic heterocycles. The van der Waals surface area contributed by atoms with E-state index in [0.717, 1.165) is 6.08 Å². The molecular weight excluding hydrogens is 448 g/mol. The zero-order valence-electron chi connectivity index (χ0n) is 18.5. The van der Waals surface area contributed by atoms with Crippen LogP contribution in [0.4, 0.5) is 5.69 Å². The molecule has 8 heteroatoms. The van der Waals surface area contributed by atoms with Crippen LogP contribution < -0.4 is 5.32 Å². The monoisotopic (exact) mass is 466 g/mol. The average molecular weight is 466 g/mol. The molecule has 1 amide bonds. The van der Waals surface area contributed by atoms with Crippen molar-refractivity contribution in [2.45, 2.75) is 13.0 Å². The number of hydrogen-bond donors (Lipinski definition) is 1. The van der Waals surface area contributed by atoms with Crippen molar-refractivity contribution in [3.63, 3.8) is 0 Å². The summed E-state index contributed by atoms with van der Waals surface area (Å²) < 4.78 is 10.6. The molecule has 8 nitrogen and oxygen atoms in total. The fraction of sp³-hybridized carbons (Fsp3) is 0.0741. The van der Waals surface area contributed by atoms with Crippen molar-refractivity contribution >= 4 is 46.3 Å². The standard InChI is InChI=1S/C27H18N2O6/c1-15(34-24(30)13-12-23-29-21-8-4-5-9-22(21)35-23)27(33)28-16-10-11-19-20(14-16)26(32)18-7-3-2-6-17(18)25(19)31/h2-15H,1H3,(H,28,33)/b13-12+. The summed E-state index contributed by atoms with van der Waals surface area (Å²) in [5.41, 5.74) is 2.70. The fourth-order valence-corrected chi connectivity index (χ4v) is 3.79. The third kappa shape index (κ3) is 4.24. The van der Waals surface area contributed by atoms with Gasteiger partial charge in [0.05, 0.1) is 0 Å². The van der Waals surface area contributed by atoms with Gasteiger partial charge in [0, 0.05) is 40.1 Å². The van der Waals surface area contributed by atoms with Crippen molar-refractivity contribution < 1.29 is 28.3 Å². The van der Waals surface area contributed by atoms with Gasteiger partial charge in [-0.1, -0.05) is 36.4 Å². The predicted molar refractivity (Wildman–Crippen MR) is 127 cm³/mol. The number of rotatable bonds is 5. The molecule has 0 radical (unpaired) electrons. The van der Waals surface area contributed by atoms with Gasteiger partial charge in [0.1, 0.15) is 5.52 Å². The van der Waals surface area contributed by atoms with Crippen molar-refractivity contribution in [1.29, 1.82) is 0 Å². The second-order valence-corrected chi connectivity index (χ2v) is 7.89. The van der Waals surface area contributed by atoms with Crippen LogP contribution in [0.15, 0.2) is 77.2 Å². The van der Waals surface area contributed by atoms with Gasteiger partial charge in [-0.05, 0) is 37.3 Å². The maximum absolute atomic E-state index is 12.9. The van der Waals surface area contributed by atoms with E-state index in [1.165, 1.54) is 31.2 Å². The number of fused-ring (bicyclic) bond motifs is 3. The van der Waals surface area contributed by atoms with E-state index in [9.17, 15) is 19.2 Å². The first-order valence-electron chi connectivity index (χ1n) is 10.8. The molecule has 3 aromatic carbocycles. The lowest BCUT2D eigenvalue weighted by atomic mass is 9.84. The summed E-state index contributed by atoms with van der Waals surface area (Å²) in [4.78, 5) is 54.5. The quantitative estimate of drug-likeness (QED) is 0.305. The minimum absolute atomic E-state index is 0.206. The summed E-state index contributed by atoms with van der Waals surface area (Å²) >= 11 is 0. The zero-order chi connectivity index (χ0) is 24.5. The molecule has 35 heavy (non-hydrogen) atoms. The molecule has 172 valence electrons. The van der Waals surface area contributed by atoms with Crippen LogP contribution >= 0.6 is 0 Å². The number of carbonyl (C=O) groups excluding carboxylic acids is 4. The van der Waals surface area contributed by atoms with Gasteiger partial charge in [-0.15, -0.1) is 0 Å². The van der Waals surface area contributed by atoms with E-state index >= 15 is 0 Å². The summed E-state index contributed by atoms with van der Waals surface area (Å²) in [7, 11) is 0. The number of hydrogen-bond acceptors (Lipinski definition) is 7. The van der Waals surface area contributed by atoms with Crippen LogP contribution in [0.5, 0.6) is 0 Å². The largest absolute Gasteiger partial charge is 0.449 e. The molecular formula is C27H18N2O6. The average Bonchev–Trinajstić information content (AvgIpc) is 3.29. The predicted octanol–water partition coefficient (Wildman–Crippen LogP) is 4.19. The molecule has 1 unspecified atom stereocenters. The van der Waals surface area contributed by atoms with Crippen molar-refractivity contribution in [3.05, 3.63) is 101 Å². The van der Waals surface area contributed by atoms with Gasteiger partial charge < -0.3 is 14.5 Å². The summed E-state index contributed by atoms with van der Waals surface area (Å²) in [5.74, 6) is -1.66. The van der Waals surface area contributed by atoms with E-state index in [-0.39, 0.29) is 28.6 Å². The maximum atomic E-state index is 12.9. The highest BCUT2D eigenvalue weighted by Crippen LogP contribution is 2.29. The van der Waals surface area contributed by atoms with Gasteiger partial charge in [0.25, 0.3) is 5.91 Å². The van der Waals surface area contributed by atoms with Crippen LogP contribution in [0.3, 0.4) is 0 Å². The number of amides is 1. The molecule has 5 rings (SSSR count). The van der Waals surface area contributed by atoms with Crippen molar-refractivity contribution in [3.8, 4) is 0 Å². The second-order valence-electron chi connectivity index (χ2n) is 7.89. The molecule has 1 aliphatic carbocycles. The molecule has 1 heterocycles. The van der Waals surface area contributed by atoms with Gasteiger partial charge in [-0.2, -0.15) is 0 Å². The third-order valence-corrected chi connectivity index (χ3v) is 5.53. The number of nitrogens with one attached hydrogen (secondary N) is 1. The highest BCUT2D eigenvalue weighted by atomic mass is 16.5. The van der Waals surface area contributed by atoms with Crippen LogP contribution in [-0.4, -0.2) is 34.5 Å². The molecule has 1 atom stereocenters. The van der Waals surface area contributed by atoms with E-state index in [2.05, 4.69) is 10.3 Å². The van der Waals surface area contributed by atoms with Crippen molar-refractivity contribution in [2.24, 2.45) is 0 Å². The molecule has 0 bridgehead atoms. The molecule has 0 saturated heterocycles. The van der Waals surface area contributed by atoms with Gasteiger partial charge in [0.15, 0.2) is 23.3 Å². The number of nitrogens with zero attached hydrogens (tertiary/aromatic N) is 1. The van der Waals surface area contributed by atoms with Gasteiger partial charge in [-0.3, -0.25) is 14.4 Å². The van der Waals surface area contributed by atoms with Crippen molar-refractivity contribution in [1.82, 2.24) is 4.98 Å². The van der Waals surface area contributed by atoms with E-state index < -0.39 is 18.0 Å². The second kappa shape index (κ2) is 8.83. The Kier molecular flexibility index (Phi) is 5.54. The van der Waals surface area contributed by atoms with Crippen molar-refractivity contribution in [2.75, 3.05) is 5.32 Å². The first kappa shape index (κ1) is 22.0. The number of aromatic nitrogens is 1. The number of esters is 1. The number of oxazole rings is 1. The Labute approximate surface area is 199 Å². The van der Waals surface area contributed by atoms with E-state index in [4.69, 9.17) is 9.15 Å². The normalized spacial score (nSPS) is 13.4. The summed E-state index contributed by atoms with van der Waals surface area (Å²) in [6.45, 7) is 1.42. The SMILES string of the molecule is CC(OC(=O)/C=C/c1nc2ccccc2o1)C(=O)Nc1ccc2c(c1)C(=O)c1ccccc1C2=O. The highest BCUT2D eigenvalue weighted by Gasteiger charge is 2.29. The Hall–Kier alpha value is -4.85. The Bertz CT molecular complexity index is 1520. The Balaban J connectivity index is 1.24. The minimum Gasteiger partial charge on any atom is -0.449 e. The number of carbonyl (C=O) groups is 4.